The number of para-hydroxylation sites is 2. The molecule has 0 radical (unpaired) electrons. The number of alkyl halides is 3. The number of hydrogen-bond donors (Lipinski definition) is 3. The van der Waals surface area contributed by atoms with Crippen molar-refractivity contribution < 1.29 is 23.1 Å². The Morgan fingerprint density at radius 2 is 1.80 bits per heavy atom. The molecule has 232 valence electrons. The lowest BCUT2D eigenvalue weighted by Crippen LogP contribution is -2.47. The van der Waals surface area contributed by atoms with Crippen molar-refractivity contribution in [3.63, 3.8) is 0 Å². The fourth-order valence-electron chi connectivity index (χ4n) is 6.53. The number of fused-ring (bicyclic) bond motifs is 3. The van der Waals surface area contributed by atoms with Gasteiger partial charge in [0, 0.05) is 23.5 Å². The molecule has 3 N–H and O–H groups in total. The van der Waals surface area contributed by atoms with Crippen molar-refractivity contribution in [3.05, 3.63) is 70.7 Å². The summed E-state index contributed by atoms with van der Waals surface area (Å²) >= 11 is 7.35. The molecule has 3 heterocycles. The van der Waals surface area contributed by atoms with Gasteiger partial charge in [-0.1, -0.05) is 55.8 Å². The number of amides is 2. The lowest BCUT2D eigenvalue weighted by atomic mass is 9.72. The van der Waals surface area contributed by atoms with Gasteiger partial charge in [-0.05, 0) is 79.4 Å². The summed E-state index contributed by atoms with van der Waals surface area (Å²) in [4.78, 5) is 21.6. The number of phenols is 1. The largest absolute Gasteiger partial charge is 0.506 e. The zero-order chi connectivity index (χ0) is 31.4. The quantitative estimate of drug-likeness (QED) is 0.207. The molecule has 0 bridgehead atoms. The van der Waals surface area contributed by atoms with Crippen LogP contribution in [0.4, 0.5) is 40.2 Å². The number of piperidine rings is 1. The number of aromatic hydroxyl groups is 1. The van der Waals surface area contributed by atoms with Crippen LogP contribution in [0.25, 0.3) is 10.2 Å². The number of benzene rings is 3. The third-order valence-electron chi connectivity index (χ3n) is 8.25. The maximum Gasteiger partial charge on any atom is 0.416 e. The standard InChI is InChI=1S/C32H33ClF3N5O2S/c1-30(2,3)17-40-14-12-31(13-15-40)18-41(27-24(42)11-9-20(26(27)31)32(34,35)36)23-7-5-4-6-21(23)37-28(43)39-29-38-22-10-8-19(33)16-25(22)44-29/h4-11,16,42H,12-15,17-18H2,1-3H3,(H2,37,38,39,43). The van der Waals surface area contributed by atoms with Crippen LogP contribution >= 0.6 is 22.9 Å². The van der Waals surface area contributed by atoms with Crippen LogP contribution in [0, 0.1) is 5.41 Å². The number of phenolic OH excluding ortho intramolecular Hbond substituents is 1. The van der Waals surface area contributed by atoms with Crippen molar-refractivity contribution in [2.75, 3.05) is 41.7 Å². The average Bonchev–Trinajstić information content (AvgIpc) is 3.48. The van der Waals surface area contributed by atoms with Crippen LogP contribution in [-0.4, -0.2) is 47.2 Å². The molecule has 6 rings (SSSR count). The second-order valence-electron chi connectivity index (χ2n) is 12.8. The molecule has 4 aromatic rings. The number of nitrogens with zero attached hydrogens (tertiary/aromatic N) is 3. The van der Waals surface area contributed by atoms with Crippen LogP contribution in [0.15, 0.2) is 54.6 Å². The number of hydrogen-bond acceptors (Lipinski definition) is 6. The fraction of sp³-hybridized carbons (Fsp3) is 0.375. The summed E-state index contributed by atoms with van der Waals surface area (Å²) in [5.74, 6) is -0.227. The smallest absolute Gasteiger partial charge is 0.416 e. The molecule has 0 atom stereocenters. The predicted octanol–water partition coefficient (Wildman–Crippen LogP) is 8.85. The van der Waals surface area contributed by atoms with E-state index in [0.717, 1.165) is 23.4 Å². The molecule has 12 heteroatoms. The Bertz CT molecular complexity index is 1730. The van der Waals surface area contributed by atoms with Crippen LogP contribution in [0.3, 0.4) is 0 Å². The van der Waals surface area contributed by atoms with E-state index in [9.17, 15) is 23.1 Å². The van der Waals surface area contributed by atoms with E-state index in [-0.39, 0.29) is 29.0 Å². The molecule has 44 heavy (non-hydrogen) atoms. The summed E-state index contributed by atoms with van der Waals surface area (Å²) in [5, 5.41) is 17.6. The van der Waals surface area contributed by atoms with Crippen molar-refractivity contribution in [1.29, 1.82) is 0 Å². The summed E-state index contributed by atoms with van der Waals surface area (Å²) in [6, 6.07) is 13.7. The van der Waals surface area contributed by atoms with Crippen molar-refractivity contribution in [1.82, 2.24) is 9.88 Å². The van der Waals surface area contributed by atoms with Crippen LogP contribution < -0.4 is 15.5 Å². The Balaban J connectivity index is 1.33. The van der Waals surface area contributed by atoms with Gasteiger partial charge in [0.2, 0.25) is 0 Å². The Kier molecular flexibility index (Phi) is 7.70. The zero-order valence-electron chi connectivity index (χ0n) is 24.6. The molecule has 2 amide bonds. The number of aromatic nitrogens is 1. The van der Waals surface area contributed by atoms with Crippen molar-refractivity contribution in [2.45, 2.75) is 45.2 Å². The molecule has 1 spiro atoms. The van der Waals surface area contributed by atoms with Gasteiger partial charge in [0.1, 0.15) is 5.75 Å². The molecule has 2 aliphatic rings. The number of nitrogens with one attached hydrogen (secondary N) is 2. The lowest BCUT2D eigenvalue weighted by molar-refractivity contribution is -0.138. The first kappa shape index (κ1) is 30.5. The van der Waals surface area contributed by atoms with Gasteiger partial charge in [-0.25, -0.2) is 9.78 Å². The van der Waals surface area contributed by atoms with E-state index in [4.69, 9.17) is 11.6 Å². The molecule has 0 unspecified atom stereocenters. The van der Waals surface area contributed by atoms with Gasteiger partial charge in [0.15, 0.2) is 5.13 Å². The summed E-state index contributed by atoms with van der Waals surface area (Å²) < 4.78 is 44.3. The third kappa shape index (κ3) is 5.92. The van der Waals surface area contributed by atoms with E-state index >= 15 is 0 Å². The Labute approximate surface area is 262 Å². The molecule has 1 saturated heterocycles. The number of anilines is 4. The van der Waals surface area contributed by atoms with Crippen LogP contribution in [-0.2, 0) is 11.6 Å². The molecule has 0 aliphatic carbocycles. The van der Waals surface area contributed by atoms with Crippen molar-refractivity contribution in [3.8, 4) is 5.75 Å². The highest BCUT2D eigenvalue weighted by molar-refractivity contribution is 7.22. The average molecular weight is 644 g/mol. The molecular formula is C32H33ClF3N5O2S. The number of thiazole rings is 1. The number of likely N-dealkylation sites (tertiary alicyclic amines) is 1. The minimum absolute atomic E-state index is 0.0586. The zero-order valence-corrected chi connectivity index (χ0v) is 26.1. The van der Waals surface area contributed by atoms with Crippen LogP contribution in [0.2, 0.25) is 5.02 Å². The predicted molar refractivity (Wildman–Crippen MR) is 171 cm³/mol. The van der Waals surface area contributed by atoms with E-state index in [1.54, 1.807) is 47.4 Å². The number of carbonyl (C=O) groups excluding carboxylic acids is 1. The van der Waals surface area contributed by atoms with Crippen molar-refractivity contribution in [2.24, 2.45) is 5.41 Å². The van der Waals surface area contributed by atoms with E-state index in [2.05, 4.69) is 41.3 Å². The van der Waals surface area contributed by atoms with Crippen molar-refractivity contribution >= 4 is 61.4 Å². The third-order valence-corrected chi connectivity index (χ3v) is 9.42. The van der Waals surface area contributed by atoms with E-state index < -0.39 is 23.2 Å². The first-order valence-corrected chi connectivity index (χ1v) is 15.6. The summed E-state index contributed by atoms with van der Waals surface area (Å²) in [5.41, 5.74) is 0.348. The summed E-state index contributed by atoms with van der Waals surface area (Å²) in [7, 11) is 0. The minimum atomic E-state index is -4.59. The minimum Gasteiger partial charge on any atom is -0.506 e. The normalized spacial score (nSPS) is 16.8. The fourth-order valence-corrected chi connectivity index (χ4v) is 7.67. The monoisotopic (exact) mass is 643 g/mol. The topological polar surface area (TPSA) is 80.7 Å². The summed E-state index contributed by atoms with van der Waals surface area (Å²) in [6.45, 7) is 8.82. The molecule has 7 nitrogen and oxygen atoms in total. The molecule has 3 aromatic carbocycles. The highest BCUT2D eigenvalue weighted by Gasteiger charge is 2.52. The van der Waals surface area contributed by atoms with E-state index in [0.29, 0.717) is 53.0 Å². The lowest BCUT2D eigenvalue weighted by Gasteiger charge is -2.42. The summed E-state index contributed by atoms with van der Waals surface area (Å²) in [6.07, 6.45) is -3.57. The SMILES string of the molecule is CC(C)(C)CN1CCC2(CC1)CN(c1ccccc1NC(=O)Nc1nc3ccc(Cl)cc3s1)c1c(O)ccc(C(F)(F)F)c12. The number of halogens is 4. The molecule has 2 aliphatic heterocycles. The number of rotatable bonds is 4. The Hall–Kier alpha value is -3.54. The van der Waals surface area contributed by atoms with Gasteiger partial charge < -0.3 is 20.2 Å². The van der Waals surface area contributed by atoms with Crippen LogP contribution in [0.5, 0.6) is 5.75 Å². The molecule has 0 saturated carbocycles. The molecular weight excluding hydrogens is 611 g/mol. The van der Waals surface area contributed by atoms with Gasteiger partial charge >= 0.3 is 12.2 Å². The highest BCUT2D eigenvalue weighted by atomic mass is 35.5. The Morgan fingerprint density at radius 3 is 2.50 bits per heavy atom. The van der Waals surface area contributed by atoms with Gasteiger partial charge in [-0.2, -0.15) is 13.2 Å². The Morgan fingerprint density at radius 1 is 1.07 bits per heavy atom. The van der Waals surface area contributed by atoms with Gasteiger partial charge in [0.25, 0.3) is 0 Å². The maximum absolute atomic E-state index is 14.5. The van der Waals surface area contributed by atoms with E-state index in [1.807, 2.05) is 0 Å². The molecule has 1 fully saturated rings. The van der Waals surface area contributed by atoms with Crippen LogP contribution in [0.1, 0.15) is 44.7 Å². The van der Waals surface area contributed by atoms with Gasteiger partial charge in [-0.3, -0.25) is 5.32 Å². The highest BCUT2D eigenvalue weighted by Crippen LogP contribution is 2.57. The second kappa shape index (κ2) is 11.1. The van der Waals surface area contributed by atoms with Gasteiger partial charge in [0.05, 0.1) is 32.8 Å². The van der Waals surface area contributed by atoms with E-state index in [1.165, 1.54) is 11.3 Å². The first-order chi connectivity index (χ1) is 20.7. The number of urea groups is 1. The molecule has 1 aromatic heterocycles. The van der Waals surface area contributed by atoms with Gasteiger partial charge in [-0.15, -0.1) is 0 Å². The second-order valence-corrected chi connectivity index (χ2v) is 14.3. The maximum atomic E-state index is 14.5. The first-order valence-electron chi connectivity index (χ1n) is 14.4. The number of carbonyl (C=O) groups is 1.